The number of nitrogens with zero attached hydrogens (tertiary/aromatic N) is 2. The molecule has 4 aromatic rings. The predicted molar refractivity (Wildman–Crippen MR) is 157 cm³/mol. The van der Waals surface area contributed by atoms with Crippen molar-refractivity contribution < 1.29 is 35.6 Å². The number of anilines is 1. The van der Waals surface area contributed by atoms with Crippen molar-refractivity contribution in [2.45, 2.75) is 30.1 Å². The summed E-state index contributed by atoms with van der Waals surface area (Å²) < 4.78 is 82.9. The second-order valence-electron chi connectivity index (χ2n) is 9.84. The normalized spacial score (nSPS) is 12.3. The Morgan fingerprint density at radius 2 is 1.43 bits per heavy atom. The second kappa shape index (κ2) is 13.7. The highest BCUT2D eigenvalue weighted by atomic mass is 32.2. The molecule has 0 aliphatic heterocycles. The van der Waals surface area contributed by atoms with Gasteiger partial charge in [-0.3, -0.25) is 13.9 Å². The minimum absolute atomic E-state index is 0.0441. The summed E-state index contributed by atoms with van der Waals surface area (Å²) in [5, 5.41) is 2.53. The number of carbonyl (C=O) groups is 2. The molecule has 0 saturated carbocycles. The van der Waals surface area contributed by atoms with Crippen molar-refractivity contribution in [3.63, 3.8) is 0 Å². The Labute approximate surface area is 252 Å². The predicted octanol–water partition coefficient (Wildman–Crippen LogP) is 5.43. The summed E-state index contributed by atoms with van der Waals surface area (Å²) in [5.74, 6) is -1.94. The highest BCUT2D eigenvalue weighted by molar-refractivity contribution is 7.92. The van der Waals surface area contributed by atoms with Gasteiger partial charge in [-0.1, -0.05) is 66.7 Å². The maximum absolute atomic E-state index is 14.2. The summed E-state index contributed by atoms with van der Waals surface area (Å²) in [7, 11) is -3.18. The minimum Gasteiger partial charge on any atom is -0.357 e. The third kappa shape index (κ3) is 7.81. The van der Waals surface area contributed by atoms with Crippen LogP contribution < -0.4 is 9.62 Å². The van der Waals surface area contributed by atoms with Crippen LogP contribution in [-0.4, -0.2) is 44.8 Å². The zero-order chi connectivity index (χ0) is 31.9. The first kappa shape index (κ1) is 32.2. The van der Waals surface area contributed by atoms with Gasteiger partial charge < -0.3 is 10.2 Å². The highest BCUT2D eigenvalue weighted by Gasteiger charge is 2.36. The zero-order valence-corrected chi connectivity index (χ0v) is 24.4. The van der Waals surface area contributed by atoms with Gasteiger partial charge in [0, 0.05) is 20.0 Å². The second-order valence-corrected chi connectivity index (χ2v) is 11.7. The molecule has 1 atom stereocenters. The van der Waals surface area contributed by atoms with Crippen molar-refractivity contribution in [2.24, 2.45) is 0 Å². The Bertz CT molecular complexity index is 1680. The van der Waals surface area contributed by atoms with E-state index in [-0.39, 0.29) is 17.9 Å². The number of carbonyl (C=O) groups excluding carboxylic acids is 2. The summed E-state index contributed by atoms with van der Waals surface area (Å²) in [6.45, 7) is -1.14. The molecule has 0 fully saturated rings. The number of halogens is 4. The maximum atomic E-state index is 14.2. The highest BCUT2D eigenvalue weighted by Crippen LogP contribution is 2.33. The van der Waals surface area contributed by atoms with E-state index in [1.807, 2.05) is 0 Å². The topological polar surface area (TPSA) is 86.8 Å². The van der Waals surface area contributed by atoms with Crippen LogP contribution in [0, 0.1) is 5.82 Å². The first-order valence-electron chi connectivity index (χ1n) is 13.4. The van der Waals surface area contributed by atoms with Crippen LogP contribution in [0.4, 0.5) is 23.2 Å². The van der Waals surface area contributed by atoms with Crippen molar-refractivity contribution >= 4 is 27.5 Å². The third-order valence-corrected chi connectivity index (χ3v) is 8.64. The molecule has 4 rings (SSSR count). The van der Waals surface area contributed by atoms with Crippen LogP contribution in [0.2, 0.25) is 0 Å². The van der Waals surface area contributed by atoms with Gasteiger partial charge in [-0.15, -0.1) is 0 Å². The van der Waals surface area contributed by atoms with Gasteiger partial charge in [-0.25, -0.2) is 12.8 Å². The van der Waals surface area contributed by atoms with Gasteiger partial charge in [-0.05, 0) is 53.6 Å². The van der Waals surface area contributed by atoms with E-state index < -0.39 is 57.7 Å². The molecular weight excluding hydrogens is 598 g/mol. The lowest BCUT2D eigenvalue weighted by Crippen LogP contribution is -2.53. The Morgan fingerprint density at radius 1 is 0.818 bits per heavy atom. The fourth-order valence-electron chi connectivity index (χ4n) is 4.59. The van der Waals surface area contributed by atoms with Gasteiger partial charge >= 0.3 is 6.18 Å². The zero-order valence-electron chi connectivity index (χ0n) is 23.5. The van der Waals surface area contributed by atoms with E-state index in [1.54, 1.807) is 36.4 Å². The van der Waals surface area contributed by atoms with Crippen LogP contribution in [0.1, 0.15) is 16.7 Å². The van der Waals surface area contributed by atoms with Gasteiger partial charge in [0.15, 0.2) is 0 Å². The SMILES string of the molecule is CNC(=O)C(Cc1ccccc1)N(Cc1ccc(F)cc1)C(=O)CN(c1cccc(C(F)(F)F)c1)S(=O)(=O)c1ccccc1. The quantitative estimate of drug-likeness (QED) is 0.225. The van der Waals surface area contributed by atoms with Gasteiger partial charge in [-0.2, -0.15) is 13.2 Å². The van der Waals surface area contributed by atoms with Crippen molar-refractivity contribution in [2.75, 3.05) is 17.9 Å². The molecule has 0 bridgehead atoms. The standard InChI is InChI=1S/C32H29F4N3O4S/c1-37-31(41)29(19-23-9-4-2-5-10-23)38(21-24-15-17-26(33)18-16-24)30(40)22-39(44(42,43)28-13-6-3-7-14-28)27-12-8-11-25(20-27)32(34,35)36/h2-18,20,29H,19,21-22H2,1H3,(H,37,41). The van der Waals surface area contributed by atoms with Crippen LogP contribution in [0.25, 0.3) is 0 Å². The largest absolute Gasteiger partial charge is 0.416 e. The molecule has 12 heteroatoms. The van der Waals surface area contributed by atoms with Gasteiger partial charge in [0.2, 0.25) is 11.8 Å². The number of hydrogen-bond donors (Lipinski definition) is 1. The van der Waals surface area contributed by atoms with Crippen LogP contribution in [0.3, 0.4) is 0 Å². The van der Waals surface area contributed by atoms with Gasteiger partial charge in [0.25, 0.3) is 10.0 Å². The average molecular weight is 628 g/mol. The molecule has 1 unspecified atom stereocenters. The monoisotopic (exact) mass is 627 g/mol. The number of rotatable bonds is 11. The molecule has 230 valence electrons. The molecule has 0 aromatic heterocycles. The molecule has 0 saturated heterocycles. The number of sulfonamides is 1. The molecule has 0 aliphatic carbocycles. The number of alkyl halides is 3. The first-order chi connectivity index (χ1) is 20.9. The van der Waals surface area contributed by atoms with E-state index >= 15 is 0 Å². The third-order valence-electron chi connectivity index (χ3n) is 6.86. The molecule has 0 radical (unpaired) electrons. The molecule has 7 nitrogen and oxygen atoms in total. The molecule has 0 heterocycles. The van der Waals surface area contributed by atoms with E-state index in [1.165, 1.54) is 55.6 Å². The number of hydrogen-bond acceptors (Lipinski definition) is 4. The summed E-state index contributed by atoms with van der Waals surface area (Å²) >= 11 is 0. The van der Waals surface area contributed by atoms with E-state index in [4.69, 9.17) is 0 Å². The van der Waals surface area contributed by atoms with Crippen molar-refractivity contribution in [1.29, 1.82) is 0 Å². The lowest BCUT2D eigenvalue weighted by atomic mass is 10.0. The summed E-state index contributed by atoms with van der Waals surface area (Å²) in [6.07, 6.45) is -4.74. The minimum atomic E-state index is -4.78. The van der Waals surface area contributed by atoms with E-state index in [2.05, 4.69) is 5.32 Å². The Balaban J connectivity index is 1.81. The first-order valence-corrected chi connectivity index (χ1v) is 14.9. The molecule has 44 heavy (non-hydrogen) atoms. The van der Waals surface area contributed by atoms with E-state index in [9.17, 15) is 35.6 Å². The van der Waals surface area contributed by atoms with Crippen molar-refractivity contribution in [1.82, 2.24) is 10.2 Å². The number of likely N-dealkylation sites (N-methyl/N-ethyl adjacent to an activating group) is 1. The Hall–Kier alpha value is -4.71. The van der Waals surface area contributed by atoms with Gasteiger partial charge in [0.05, 0.1) is 16.1 Å². The summed E-state index contributed by atoms with van der Waals surface area (Å²) in [5.41, 5.74) is -0.354. The van der Waals surface area contributed by atoms with Crippen LogP contribution in [0.15, 0.2) is 114 Å². The fourth-order valence-corrected chi connectivity index (χ4v) is 6.02. The Morgan fingerprint density at radius 3 is 2.02 bits per heavy atom. The number of amides is 2. The lowest BCUT2D eigenvalue weighted by molar-refractivity contribution is -0.139. The van der Waals surface area contributed by atoms with Gasteiger partial charge in [0.1, 0.15) is 18.4 Å². The van der Waals surface area contributed by atoms with E-state index in [0.717, 1.165) is 23.1 Å². The lowest BCUT2D eigenvalue weighted by Gasteiger charge is -2.33. The fraction of sp³-hybridized carbons (Fsp3) is 0.188. The summed E-state index contributed by atoms with van der Waals surface area (Å²) in [6, 6.07) is 23.5. The molecule has 4 aromatic carbocycles. The summed E-state index contributed by atoms with van der Waals surface area (Å²) in [4.78, 5) is 28.3. The molecule has 2 amide bonds. The van der Waals surface area contributed by atoms with Crippen molar-refractivity contribution in [3.05, 3.63) is 132 Å². The Kier molecular flexibility index (Phi) is 10.0. The molecule has 0 spiro atoms. The molecule has 0 aliphatic rings. The smallest absolute Gasteiger partial charge is 0.357 e. The average Bonchev–Trinajstić information content (AvgIpc) is 3.02. The van der Waals surface area contributed by atoms with Crippen LogP contribution in [0.5, 0.6) is 0 Å². The maximum Gasteiger partial charge on any atom is 0.416 e. The molecule has 1 N–H and O–H groups in total. The number of nitrogens with one attached hydrogen (secondary N) is 1. The number of benzene rings is 4. The van der Waals surface area contributed by atoms with Crippen molar-refractivity contribution in [3.8, 4) is 0 Å². The van der Waals surface area contributed by atoms with Crippen LogP contribution >= 0.6 is 0 Å². The van der Waals surface area contributed by atoms with Crippen LogP contribution in [-0.2, 0) is 38.8 Å². The molecular formula is C32H29F4N3O4S. The van der Waals surface area contributed by atoms with E-state index in [0.29, 0.717) is 21.5 Å².